The average Bonchev–Trinajstić information content (AvgIpc) is 2.57. The van der Waals surface area contributed by atoms with E-state index in [9.17, 15) is 20.1 Å². The molecule has 0 bridgehead atoms. The largest absolute Gasteiger partial charge is 0.389 e. The van der Waals surface area contributed by atoms with Crippen LogP contribution in [0.4, 0.5) is 0 Å². The van der Waals surface area contributed by atoms with Crippen LogP contribution in [0.5, 0.6) is 0 Å². The van der Waals surface area contributed by atoms with Crippen LogP contribution in [0.15, 0.2) is 30.3 Å². The highest BCUT2D eigenvalue weighted by atomic mass is 32.2. The van der Waals surface area contributed by atoms with E-state index in [0.29, 0.717) is 24.5 Å². The van der Waals surface area contributed by atoms with E-state index in [1.807, 2.05) is 30.3 Å². The summed E-state index contributed by atoms with van der Waals surface area (Å²) < 4.78 is 0. The quantitative estimate of drug-likeness (QED) is 0.428. The normalized spacial score (nSPS) is 27.6. The Morgan fingerprint density at radius 3 is 2.70 bits per heavy atom. The fourth-order valence-corrected chi connectivity index (χ4v) is 3.33. The Bertz CT molecular complexity index is 488. The zero-order valence-electron chi connectivity index (χ0n) is 12.9. The molecule has 6 nitrogen and oxygen atoms in total. The molecule has 1 amide bonds. The van der Waals surface area contributed by atoms with Gasteiger partial charge in [0.25, 0.3) is 0 Å². The van der Waals surface area contributed by atoms with Gasteiger partial charge in [-0.05, 0) is 17.7 Å². The van der Waals surface area contributed by atoms with E-state index < -0.39 is 18.3 Å². The molecule has 4 atom stereocenters. The maximum atomic E-state index is 11.8. The van der Waals surface area contributed by atoms with E-state index in [1.54, 1.807) is 0 Å². The van der Waals surface area contributed by atoms with Crippen molar-refractivity contribution in [3.8, 4) is 0 Å². The smallest absolute Gasteiger partial charge is 0.230 e. The summed E-state index contributed by atoms with van der Waals surface area (Å²) in [6.07, 6.45) is -2.40. The molecule has 1 saturated heterocycles. The Kier molecular flexibility index (Phi) is 7.32. The standard InChI is InChI=1S/C16H24N2O4S/c19-13-9-17-12(15(21)16(13)22)6-7-23-10-14(20)18-8-11-4-2-1-3-5-11/h1-5,12-13,15-17,19,21-22H,6-10H2,(H,18,20)/t12-,13-,15+,16+/m1/s1. The monoisotopic (exact) mass is 340 g/mol. The van der Waals surface area contributed by atoms with Crippen LogP contribution in [0.25, 0.3) is 0 Å². The van der Waals surface area contributed by atoms with Gasteiger partial charge < -0.3 is 26.0 Å². The van der Waals surface area contributed by atoms with Crippen LogP contribution >= 0.6 is 11.8 Å². The molecule has 5 N–H and O–H groups in total. The number of thioether (sulfide) groups is 1. The van der Waals surface area contributed by atoms with Gasteiger partial charge in [0.05, 0.1) is 18.0 Å². The molecule has 0 aliphatic carbocycles. The van der Waals surface area contributed by atoms with Crippen molar-refractivity contribution in [1.29, 1.82) is 0 Å². The summed E-state index contributed by atoms with van der Waals surface area (Å²) in [5, 5.41) is 34.8. The number of aliphatic hydroxyl groups is 3. The Hall–Kier alpha value is -1.12. The highest BCUT2D eigenvalue weighted by Gasteiger charge is 2.35. The van der Waals surface area contributed by atoms with Gasteiger partial charge >= 0.3 is 0 Å². The van der Waals surface area contributed by atoms with Crippen molar-refractivity contribution in [2.24, 2.45) is 0 Å². The fraction of sp³-hybridized carbons (Fsp3) is 0.562. The zero-order chi connectivity index (χ0) is 16.7. The number of hydrogen-bond acceptors (Lipinski definition) is 6. The molecule has 0 aromatic heterocycles. The molecule has 0 spiro atoms. The first kappa shape index (κ1) is 18.2. The lowest BCUT2D eigenvalue weighted by atomic mass is 9.94. The van der Waals surface area contributed by atoms with Crippen molar-refractivity contribution >= 4 is 17.7 Å². The second-order valence-electron chi connectivity index (χ2n) is 5.67. The van der Waals surface area contributed by atoms with Gasteiger partial charge in [-0.15, -0.1) is 0 Å². The first-order valence-electron chi connectivity index (χ1n) is 7.74. The molecule has 7 heteroatoms. The molecular formula is C16H24N2O4S. The van der Waals surface area contributed by atoms with Gasteiger partial charge in [0, 0.05) is 19.1 Å². The second kappa shape index (κ2) is 9.24. The van der Waals surface area contributed by atoms with Gasteiger partial charge in [-0.2, -0.15) is 11.8 Å². The Balaban J connectivity index is 1.59. The summed E-state index contributed by atoms with van der Waals surface area (Å²) >= 11 is 1.49. The van der Waals surface area contributed by atoms with E-state index in [0.717, 1.165) is 5.56 Å². The number of benzene rings is 1. The molecule has 0 unspecified atom stereocenters. The molecule has 0 radical (unpaired) electrons. The van der Waals surface area contributed by atoms with Gasteiger partial charge in [-0.3, -0.25) is 4.79 Å². The number of β-amino-alcohol motifs (C(OH)–C–C–N with tert-alkyl or cyclic N) is 1. The van der Waals surface area contributed by atoms with Crippen LogP contribution in [-0.4, -0.2) is 63.6 Å². The molecule has 1 aromatic carbocycles. The van der Waals surface area contributed by atoms with Crippen LogP contribution < -0.4 is 10.6 Å². The van der Waals surface area contributed by atoms with E-state index in [2.05, 4.69) is 10.6 Å². The molecule has 23 heavy (non-hydrogen) atoms. The minimum Gasteiger partial charge on any atom is -0.389 e. The minimum absolute atomic E-state index is 0.0218. The van der Waals surface area contributed by atoms with E-state index in [1.165, 1.54) is 11.8 Å². The third kappa shape index (κ3) is 5.78. The first-order valence-corrected chi connectivity index (χ1v) is 8.89. The molecule has 128 valence electrons. The molecule has 1 aromatic rings. The van der Waals surface area contributed by atoms with Crippen molar-refractivity contribution < 1.29 is 20.1 Å². The lowest BCUT2D eigenvalue weighted by molar-refractivity contribution is -0.118. The van der Waals surface area contributed by atoms with Crippen LogP contribution in [-0.2, 0) is 11.3 Å². The number of piperidine rings is 1. The average molecular weight is 340 g/mol. The van der Waals surface area contributed by atoms with Gasteiger partial charge in [-0.25, -0.2) is 0 Å². The van der Waals surface area contributed by atoms with Gasteiger partial charge in [0.2, 0.25) is 5.91 Å². The van der Waals surface area contributed by atoms with Crippen LogP contribution in [0.1, 0.15) is 12.0 Å². The molecule has 0 saturated carbocycles. The number of amides is 1. The second-order valence-corrected chi connectivity index (χ2v) is 6.77. The van der Waals surface area contributed by atoms with Crippen LogP contribution in [0.3, 0.4) is 0 Å². The van der Waals surface area contributed by atoms with E-state index >= 15 is 0 Å². The Labute approximate surface area is 140 Å². The van der Waals surface area contributed by atoms with Crippen molar-refractivity contribution in [2.45, 2.75) is 37.3 Å². The van der Waals surface area contributed by atoms with Crippen LogP contribution in [0.2, 0.25) is 0 Å². The molecule has 1 aliphatic heterocycles. The maximum Gasteiger partial charge on any atom is 0.230 e. The zero-order valence-corrected chi connectivity index (χ0v) is 13.7. The fourth-order valence-electron chi connectivity index (χ4n) is 2.47. The molecular weight excluding hydrogens is 316 g/mol. The number of carbonyl (C=O) groups is 1. The number of aliphatic hydroxyl groups excluding tert-OH is 3. The van der Waals surface area contributed by atoms with Gasteiger partial charge in [0.15, 0.2) is 0 Å². The highest BCUT2D eigenvalue weighted by molar-refractivity contribution is 7.99. The van der Waals surface area contributed by atoms with Crippen molar-refractivity contribution in [3.05, 3.63) is 35.9 Å². The molecule has 1 aliphatic rings. The maximum absolute atomic E-state index is 11.8. The lowest BCUT2D eigenvalue weighted by Crippen LogP contribution is -2.59. The summed E-state index contributed by atoms with van der Waals surface area (Å²) in [4.78, 5) is 11.8. The number of nitrogens with one attached hydrogen (secondary N) is 2. The van der Waals surface area contributed by atoms with Crippen LogP contribution in [0, 0.1) is 0 Å². The van der Waals surface area contributed by atoms with Crippen molar-refractivity contribution in [1.82, 2.24) is 10.6 Å². The third-order valence-corrected chi connectivity index (χ3v) is 4.88. The minimum atomic E-state index is -1.11. The number of hydrogen-bond donors (Lipinski definition) is 5. The predicted octanol–water partition coefficient (Wildman–Crippen LogP) is -0.519. The summed E-state index contributed by atoms with van der Waals surface area (Å²) in [7, 11) is 0. The van der Waals surface area contributed by atoms with Gasteiger partial charge in [-0.1, -0.05) is 30.3 Å². The topological polar surface area (TPSA) is 102 Å². The first-order chi connectivity index (χ1) is 11.1. The summed E-state index contributed by atoms with van der Waals surface area (Å²) in [6, 6.07) is 9.47. The molecule has 1 fully saturated rings. The summed E-state index contributed by atoms with van der Waals surface area (Å²) in [5.41, 5.74) is 1.06. The summed E-state index contributed by atoms with van der Waals surface area (Å²) in [5.74, 6) is 1.03. The van der Waals surface area contributed by atoms with E-state index in [-0.39, 0.29) is 18.5 Å². The SMILES string of the molecule is O=C(CSCC[C@H]1NC[C@@H](O)[C@H](O)[C@H]1O)NCc1ccccc1. The number of rotatable bonds is 7. The molecule has 2 rings (SSSR count). The Morgan fingerprint density at radius 1 is 1.22 bits per heavy atom. The summed E-state index contributed by atoms with van der Waals surface area (Å²) in [6.45, 7) is 0.790. The third-order valence-electron chi connectivity index (χ3n) is 3.88. The molecule has 1 heterocycles. The lowest BCUT2D eigenvalue weighted by Gasteiger charge is -2.36. The van der Waals surface area contributed by atoms with Gasteiger partial charge in [0.1, 0.15) is 6.10 Å². The van der Waals surface area contributed by atoms with Crippen molar-refractivity contribution in [2.75, 3.05) is 18.1 Å². The Morgan fingerprint density at radius 2 is 1.96 bits per heavy atom. The highest BCUT2D eigenvalue weighted by Crippen LogP contribution is 2.15. The number of carbonyl (C=O) groups excluding carboxylic acids is 1. The predicted molar refractivity (Wildman–Crippen MR) is 90.0 cm³/mol. The van der Waals surface area contributed by atoms with Crippen molar-refractivity contribution in [3.63, 3.8) is 0 Å². The van der Waals surface area contributed by atoms with E-state index in [4.69, 9.17) is 0 Å².